The molecule has 3 aliphatic heterocycles. The van der Waals surface area contributed by atoms with E-state index >= 15 is 0 Å². The Hall–Kier alpha value is -1.09. The Morgan fingerprint density at radius 3 is 2.55 bits per heavy atom. The van der Waals surface area contributed by atoms with Crippen molar-refractivity contribution in [1.29, 1.82) is 0 Å². The Morgan fingerprint density at radius 1 is 1.38 bits per heavy atom. The van der Waals surface area contributed by atoms with Gasteiger partial charge < -0.3 is 13.9 Å². The molecule has 0 aliphatic carbocycles. The molecule has 0 radical (unpaired) electrons. The first kappa shape index (κ1) is 22.6. The largest absolute Gasteiger partial charge is 0.427 e. The van der Waals surface area contributed by atoms with E-state index < -0.39 is 14.3 Å². The van der Waals surface area contributed by atoms with Crippen LogP contribution in [0.4, 0.5) is 0 Å². The molecule has 3 heterocycles. The van der Waals surface area contributed by atoms with Crippen LogP contribution in [0, 0.1) is 5.92 Å². The fraction of sp³-hybridized carbons (Fsp3) is 0.714. The number of hydrogen-bond acceptors (Lipinski definition) is 6. The number of rotatable bonds is 6. The molecule has 8 heteroatoms. The number of carbonyl (C=O) groups is 2. The number of nitrogens with zero attached hydrogens (tertiary/aromatic N) is 1. The van der Waals surface area contributed by atoms with Gasteiger partial charge in [0.1, 0.15) is 11.1 Å². The van der Waals surface area contributed by atoms with Crippen LogP contribution < -0.4 is 0 Å². The summed E-state index contributed by atoms with van der Waals surface area (Å²) < 4.78 is 17.6. The molecule has 29 heavy (non-hydrogen) atoms. The van der Waals surface area contributed by atoms with E-state index in [-0.39, 0.29) is 34.4 Å². The quantitative estimate of drug-likeness (QED) is 0.265. The van der Waals surface area contributed by atoms with Gasteiger partial charge in [-0.2, -0.15) is 0 Å². The van der Waals surface area contributed by atoms with Gasteiger partial charge in [-0.15, -0.1) is 0 Å². The number of carbonyl (C=O) groups excluding carboxylic acids is 2. The zero-order valence-electron chi connectivity index (χ0n) is 18.5. The lowest BCUT2D eigenvalue weighted by molar-refractivity contribution is -0.156. The van der Waals surface area contributed by atoms with Gasteiger partial charge in [0.2, 0.25) is 5.91 Å². The monoisotopic (exact) mass is 439 g/mol. The lowest BCUT2D eigenvalue weighted by Gasteiger charge is -2.48. The molecule has 0 spiro atoms. The van der Waals surface area contributed by atoms with Crippen molar-refractivity contribution in [2.75, 3.05) is 6.61 Å². The number of hydrogen-bond donors (Lipinski definition) is 0. The molecule has 0 aromatic rings. The third-order valence-corrected chi connectivity index (χ3v) is 12.3. The maximum atomic E-state index is 13.1. The van der Waals surface area contributed by atoms with Crippen molar-refractivity contribution in [2.45, 2.75) is 83.2 Å². The topological polar surface area (TPSA) is 65.1 Å². The summed E-state index contributed by atoms with van der Waals surface area (Å²) in [5.41, 5.74) is 0.329. The molecule has 6 nitrogen and oxygen atoms in total. The molecule has 0 aromatic carbocycles. The molecule has 2 saturated heterocycles. The average Bonchev–Trinajstić information content (AvgIpc) is 3.17. The number of β-lactam (4-membered cyclic amide) rings is 1. The van der Waals surface area contributed by atoms with Crippen molar-refractivity contribution >= 4 is 32.0 Å². The molecule has 0 bridgehead atoms. The highest BCUT2D eigenvalue weighted by atomic mass is 32.2. The van der Waals surface area contributed by atoms with Crippen LogP contribution >= 0.6 is 11.8 Å². The molecule has 3 aliphatic rings. The first-order chi connectivity index (χ1) is 13.3. The van der Waals surface area contributed by atoms with Crippen LogP contribution in [0.2, 0.25) is 18.1 Å². The molecule has 0 aromatic heterocycles. The van der Waals surface area contributed by atoms with Crippen LogP contribution in [-0.4, -0.2) is 49.3 Å². The maximum Gasteiger partial charge on any atom is 0.361 e. The van der Waals surface area contributed by atoms with E-state index in [2.05, 4.69) is 40.4 Å². The molecule has 0 saturated carbocycles. The lowest BCUT2D eigenvalue weighted by atomic mass is 9.92. The predicted molar refractivity (Wildman–Crippen MR) is 116 cm³/mol. The van der Waals surface area contributed by atoms with Gasteiger partial charge in [0.25, 0.3) is 0 Å². The number of esters is 1. The lowest BCUT2D eigenvalue weighted by Crippen LogP contribution is -2.62. The van der Waals surface area contributed by atoms with Crippen LogP contribution in [0.3, 0.4) is 0 Å². The molecular weight excluding hydrogens is 406 g/mol. The van der Waals surface area contributed by atoms with Crippen LogP contribution in [-0.2, 0) is 23.5 Å². The number of allylic oxidation sites excluding steroid dienone is 1. The third-order valence-electron chi connectivity index (χ3n) is 6.28. The SMILES string of the molecule is C=C(C)OC(=O)C1=C([C@H]2CCCO2)S[C@@H]2[C@@H]([C@@H](C)O[Si](C)(C)C(C)(C)C)C(=O)N12. The molecular formula is C21H33NO5SSi. The van der Waals surface area contributed by atoms with E-state index in [9.17, 15) is 9.59 Å². The highest BCUT2D eigenvalue weighted by molar-refractivity contribution is 8.04. The van der Waals surface area contributed by atoms with Crippen molar-refractivity contribution in [1.82, 2.24) is 4.90 Å². The van der Waals surface area contributed by atoms with E-state index in [1.807, 2.05) is 6.92 Å². The molecule has 4 atom stereocenters. The second kappa shape index (κ2) is 7.87. The van der Waals surface area contributed by atoms with Crippen molar-refractivity contribution in [2.24, 2.45) is 5.92 Å². The molecule has 2 fully saturated rings. The van der Waals surface area contributed by atoms with Crippen molar-refractivity contribution in [3.63, 3.8) is 0 Å². The van der Waals surface area contributed by atoms with Crippen LogP contribution in [0.1, 0.15) is 47.5 Å². The molecule has 3 rings (SSSR count). The number of amides is 1. The van der Waals surface area contributed by atoms with E-state index in [1.54, 1.807) is 23.6 Å². The molecule has 0 unspecified atom stereocenters. The van der Waals surface area contributed by atoms with E-state index in [4.69, 9.17) is 13.9 Å². The summed E-state index contributed by atoms with van der Waals surface area (Å²) in [4.78, 5) is 28.3. The smallest absolute Gasteiger partial charge is 0.361 e. The van der Waals surface area contributed by atoms with Crippen molar-refractivity contribution in [3.05, 3.63) is 22.9 Å². The summed E-state index contributed by atoms with van der Waals surface area (Å²) >= 11 is 1.56. The van der Waals surface area contributed by atoms with Crippen molar-refractivity contribution in [3.8, 4) is 0 Å². The van der Waals surface area contributed by atoms with Crippen LogP contribution in [0.5, 0.6) is 0 Å². The maximum absolute atomic E-state index is 13.1. The van der Waals surface area contributed by atoms with Gasteiger partial charge in [0.15, 0.2) is 8.32 Å². The normalized spacial score (nSPS) is 28.3. The Kier molecular flexibility index (Phi) is 6.13. The van der Waals surface area contributed by atoms with E-state index in [0.717, 1.165) is 17.7 Å². The fourth-order valence-corrected chi connectivity index (χ4v) is 6.84. The minimum Gasteiger partial charge on any atom is -0.427 e. The van der Waals surface area contributed by atoms with Gasteiger partial charge in [0, 0.05) is 11.5 Å². The summed E-state index contributed by atoms with van der Waals surface area (Å²) in [6.45, 7) is 18.9. The van der Waals surface area contributed by atoms with Gasteiger partial charge in [-0.25, -0.2) is 4.79 Å². The predicted octanol–water partition coefficient (Wildman–Crippen LogP) is 4.40. The van der Waals surface area contributed by atoms with Crippen LogP contribution in [0.25, 0.3) is 0 Å². The van der Waals surface area contributed by atoms with E-state index in [0.29, 0.717) is 18.1 Å². The van der Waals surface area contributed by atoms with E-state index in [1.165, 1.54) is 0 Å². The second-order valence-electron chi connectivity index (χ2n) is 9.63. The zero-order valence-corrected chi connectivity index (χ0v) is 20.4. The third kappa shape index (κ3) is 4.09. The Morgan fingerprint density at radius 2 is 2.03 bits per heavy atom. The summed E-state index contributed by atoms with van der Waals surface area (Å²) in [6, 6.07) is 0. The first-order valence-corrected chi connectivity index (χ1v) is 14.0. The highest BCUT2D eigenvalue weighted by Gasteiger charge is 2.60. The number of fused-ring (bicyclic) bond motifs is 1. The summed E-state index contributed by atoms with van der Waals surface area (Å²) in [7, 11) is -2.01. The molecule has 1 amide bonds. The van der Waals surface area contributed by atoms with Crippen LogP contribution in [0.15, 0.2) is 22.9 Å². The van der Waals surface area contributed by atoms with Crippen molar-refractivity contribution < 1.29 is 23.5 Å². The highest BCUT2D eigenvalue weighted by Crippen LogP contribution is 2.54. The van der Waals surface area contributed by atoms with Gasteiger partial charge in [-0.1, -0.05) is 39.1 Å². The molecule has 162 valence electrons. The first-order valence-electron chi connectivity index (χ1n) is 10.3. The summed E-state index contributed by atoms with van der Waals surface area (Å²) in [6.07, 6.45) is 1.44. The fourth-order valence-electron chi connectivity index (χ4n) is 3.72. The average molecular weight is 440 g/mol. The molecule has 0 N–H and O–H groups in total. The standard InChI is InChI=1S/C21H33NO5SSi/c1-12(2)26-20(24)16-17(14-10-9-11-25-14)28-19-15(18(23)22(16)19)13(3)27-29(7,8)21(4,5)6/h13-15,19H,1,9-11H2,2-8H3/t13-,14-,15+,19-/m1/s1. The minimum absolute atomic E-state index is 0.0636. The number of thioether (sulfide) groups is 1. The Bertz CT molecular complexity index is 751. The van der Waals surface area contributed by atoms with Gasteiger partial charge in [-0.05, 0) is 44.8 Å². The van der Waals surface area contributed by atoms with Gasteiger partial charge in [-0.3, -0.25) is 9.69 Å². The minimum atomic E-state index is -2.01. The Labute approximate surface area is 179 Å². The number of ether oxygens (including phenoxy) is 2. The van der Waals surface area contributed by atoms with Gasteiger partial charge in [0.05, 0.1) is 23.9 Å². The Balaban J connectivity index is 1.82. The summed E-state index contributed by atoms with van der Waals surface area (Å²) in [5.74, 6) is -0.569. The summed E-state index contributed by atoms with van der Waals surface area (Å²) in [5, 5.41) is -0.0807. The zero-order chi connectivity index (χ0) is 21.7. The second-order valence-corrected chi connectivity index (χ2v) is 15.5. The van der Waals surface area contributed by atoms with Gasteiger partial charge >= 0.3 is 5.97 Å².